The van der Waals surface area contributed by atoms with Crippen molar-refractivity contribution in [2.24, 2.45) is 7.05 Å². The Bertz CT molecular complexity index is 397. The number of hydrogen-bond acceptors (Lipinski definition) is 3. The quantitative estimate of drug-likeness (QED) is 0.633. The van der Waals surface area contributed by atoms with E-state index in [0.717, 1.165) is 0 Å². The second-order valence-corrected chi connectivity index (χ2v) is 2.85. The number of pyridine rings is 1. The highest BCUT2D eigenvalue weighted by Crippen LogP contribution is 2.11. The molecule has 0 aliphatic rings. The fraction of sp³-hybridized carbons (Fsp3) is 0.250. The van der Waals surface area contributed by atoms with Crippen molar-refractivity contribution in [2.45, 2.75) is 0 Å². The second kappa shape index (κ2) is 3.62. The lowest BCUT2D eigenvalue weighted by atomic mass is 10.3. The van der Waals surface area contributed by atoms with E-state index in [2.05, 4.69) is 4.74 Å². The summed E-state index contributed by atoms with van der Waals surface area (Å²) in [5.74, 6) is -0.716. The number of aromatic nitrogens is 1. The minimum atomic E-state index is -0.716. The number of esters is 1. The Labute approximate surface area is 79.7 Å². The molecule has 0 bridgehead atoms. The predicted octanol–water partition coefficient (Wildman–Crippen LogP) is 0.825. The van der Waals surface area contributed by atoms with Crippen LogP contribution < -0.4 is 5.56 Å². The molecule has 0 saturated heterocycles. The Kier molecular flexibility index (Phi) is 2.72. The van der Waals surface area contributed by atoms with Gasteiger partial charge in [-0.15, -0.1) is 0 Å². The van der Waals surface area contributed by atoms with E-state index >= 15 is 0 Å². The first-order chi connectivity index (χ1) is 6.07. The minimum absolute atomic E-state index is 0.106. The van der Waals surface area contributed by atoms with Gasteiger partial charge in [0, 0.05) is 13.2 Å². The SMILES string of the molecule is COC(=O)c1c(Cl)ccn(C)c1=O. The summed E-state index contributed by atoms with van der Waals surface area (Å²) in [7, 11) is 2.73. The van der Waals surface area contributed by atoms with E-state index in [1.807, 2.05) is 0 Å². The summed E-state index contributed by atoms with van der Waals surface area (Å²) < 4.78 is 5.68. The predicted molar refractivity (Wildman–Crippen MR) is 48.0 cm³/mol. The molecule has 0 spiro atoms. The molecule has 0 aliphatic carbocycles. The first-order valence-corrected chi connectivity index (χ1v) is 3.89. The summed E-state index contributed by atoms with van der Waals surface area (Å²) >= 11 is 5.66. The first kappa shape index (κ1) is 9.80. The number of carbonyl (C=O) groups is 1. The minimum Gasteiger partial charge on any atom is -0.465 e. The van der Waals surface area contributed by atoms with Gasteiger partial charge in [-0.05, 0) is 6.07 Å². The molecular weight excluding hydrogens is 194 g/mol. The van der Waals surface area contributed by atoms with E-state index in [1.54, 1.807) is 0 Å². The van der Waals surface area contributed by atoms with Gasteiger partial charge in [-0.2, -0.15) is 0 Å². The van der Waals surface area contributed by atoms with Crippen LogP contribution in [0.15, 0.2) is 17.1 Å². The average molecular weight is 202 g/mol. The number of carbonyl (C=O) groups excluding carboxylic acids is 1. The zero-order valence-corrected chi connectivity index (χ0v) is 7.96. The standard InChI is InChI=1S/C8H8ClNO3/c1-10-4-3-5(9)6(7(10)11)8(12)13-2/h3-4H,1-2H3. The van der Waals surface area contributed by atoms with Crippen LogP contribution in [0, 0.1) is 0 Å². The third kappa shape index (κ3) is 1.72. The highest BCUT2D eigenvalue weighted by atomic mass is 35.5. The molecule has 70 valence electrons. The molecule has 13 heavy (non-hydrogen) atoms. The van der Waals surface area contributed by atoms with Gasteiger partial charge in [0.1, 0.15) is 5.56 Å². The van der Waals surface area contributed by atoms with Gasteiger partial charge in [0.2, 0.25) is 0 Å². The number of methoxy groups -OCH3 is 1. The van der Waals surface area contributed by atoms with Crippen LogP contribution in [0.3, 0.4) is 0 Å². The van der Waals surface area contributed by atoms with E-state index in [9.17, 15) is 9.59 Å². The second-order valence-electron chi connectivity index (χ2n) is 2.45. The van der Waals surface area contributed by atoms with Crippen LogP contribution in [0.2, 0.25) is 5.02 Å². The van der Waals surface area contributed by atoms with Gasteiger partial charge < -0.3 is 9.30 Å². The number of halogens is 1. The van der Waals surface area contributed by atoms with Crippen molar-refractivity contribution in [3.8, 4) is 0 Å². The van der Waals surface area contributed by atoms with Gasteiger partial charge in [-0.3, -0.25) is 4.79 Å². The number of aryl methyl sites for hydroxylation is 1. The van der Waals surface area contributed by atoms with Gasteiger partial charge >= 0.3 is 5.97 Å². The van der Waals surface area contributed by atoms with Crippen LogP contribution in [0.25, 0.3) is 0 Å². The van der Waals surface area contributed by atoms with Crippen molar-refractivity contribution in [3.63, 3.8) is 0 Å². The molecule has 4 nitrogen and oxygen atoms in total. The zero-order valence-electron chi connectivity index (χ0n) is 7.20. The maximum atomic E-state index is 11.4. The highest BCUT2D eigenvalue weighted by molar-refractivity contribution is 6.33. The molecule has 1 rings (SSSR count). The average Bonchev–Trinajstić information content (AvgIpc) is 2.12. The Morgan fingerprint density at radius 1 is 1.62 bits per heavy atom. The lowest BCUT2D eigenvalue weighted by Gasteiger charge is -2.02. The molecule has 0 unspecified atom stereocenters. The fourth-order valence-electron chi connectivity index (χ4n) is 0.894. The lowest BCUT2D eigenvalue weighted by molar-refractivity contribution is 0.0598. The van der Waals surface area contributed by atoms with Crippen molar-refractivity contribution in [2.75, 3.05) is 7.11 Å². The van der Waals surface area contributed by atoms with E-state index in [-0.39, 0.29) is 10.6 Å². The third-order valence-electron chi connectivity index (χ3n) is 1.61. The van der Waals surface area contributed by atoms with E-state index in [0.29, 0.717) is 0 Å². The molecule has 1 aromatic rings. The molecule has 0 N–H and O–H groups in total. The molecule has 1 heterocycles. The van der Waals surface area contributed by atoms with Gasteiger partial charge in [0.15, 0.2) is 0 Å². The van der Waals surface area contributed by atoms with Crippen molar-refractivity contribution >= 4 is 17.6 Å². The van der Waals surface area contributed by atoms with Crippen molar-refractivity contribution in [1.29, 1.82) is 0 Å². The van der Waals surface area contributed by atoms with Crippen LogP contribution >= 0.6 is 11.6 Å². The van der Waals surface area contributed by atoms with Crippen molar-refractivity contribution < 1.29 is 9.53 Å². The summed E-state index contributed by atoms with van der Waals surface area (Å²) in [6, 6.07) is 1.47. The largest absolute Gasteiger partial charge is 0.465 e. The summed E-state index contributed by atoms with van der Waals surface area (Å²) in [5.41, 5.74) is -0.589. The van der Waals surface area contributed by atoms with Gasteiger partial charge in [0.05, 0.1) is 12.1 Å². The summed E-state index contributed by atoms with van der Waals surface area (Å²) in [6.45, 7) is 0. The Morgan fingerprint density at radius 2 is 2.23 bits per heavy atom. The molecule has 0 radical (unpaired) electrons. The van der Waals surface area contributed by atoms with E-state index in [1.165, 1.54) is 31.0 Å². The van der Waals surface area contributed by atoms with E-state index in [4.69, 9.17) is 11.6 Å². The molecular formula is C8H8ClNO3. The third-order valence-corrected chi connectivity index (χ3v) is 1.92. The maximum Gasteiger partial charge on any atom is 0.345 e. The summed E-state index contributed by atoms with van der Waals surface area (Å²) in [5, 5.41) is 0.106. The number of ether oxygens (including phenoxy) is 1. The molecule has 0 fully saturated rings. The monoisotopic (exact) mass is 201 g/mol. The van der Waals surface area contributed by atoms with Gasteiger partial charge in [0.25, 0.3) is 5.56 Å². The van der Waals surface area contributed by atoms with Crippen LogP contribution in [0.5, 0.6) is 0 Å². The number of nitrogens with zero attached hydrogens (tertiary/aromatic N) is 1. The first-order valence-electron chi connectivity index (χ1n) is 3.51. The summed E-state index contributed by atoms with van der Waals surface area (Å²) in [4.78, 5) is 22.5. The lowest BCUT2D eigenvalue weighted by Crippen LogP contribution is -2.24. The van der Waals surface area contributed by atoms with Crippen LogP contribution in [0.1, 0.15) is 10.4 Å². The van der Waals surface area contributed by atoms with Crippen molar-refractivity contribution in [3.05, 3.63) is 33.2 Å². The number of rotatable bonds is 1. The molecule has 0 aliphatic heterocycles. The maximum absolute atomic E-state index is 11.4. The molecule has 0 amide bonds. The Morgan fingerprint density at radius 3 is 2.77 bits per heavy atom. The van der Waals surface area contributed by atoms with Crippen LogP contribution in [-0.4, -0.2) is 17.6 Å². The summed E-state index contributed by atoms with van der Waals surface area (Å²) in [6.07, 6.45) is 1.48. The zero-order chi connectivity index (χ0) is 10.0. The normalized spacial score (nSPS) is 9.77. The van der Waals surface area contributed by atoms with Crippen molar-refractivity contribution in [1.82, 2.24) is 4.57 Å². The topological polar surface area (TPSA) is 48.3 Å². The smallest absolute Gasteiger partial charge is 0.345 e. The fourth-order valence-corrected chi connectivity index (χ4v) is 1.11. The van der Waals surface area contributed by atoms with Gasteiger partial charge in [-0.25, -0.2) is 4.79 Å². The molecule has 0 atom stereocenters. The Hall–Kier alpha value is -1.29. The van der Waals surface area contributed by atoms with Crippen LogP contribution in [0.4, 0.5) is 0 Å². The highest BCUT2D eigenvalue weighted by Gasteiger charge is 2.15. The van der Waals surface area contributed by atoms with E-state index < -0.39 is 11.5 Å². The molecule has 1 aromatic heterocycles. The molecule has 5 heteroatoms. The van der Waals surface area contributed by atoms with Crippen LogP contribution in [-0.2, 0) is 11.8 Å². The number of hydrogen-bond donors (Lipinski definition) is 0. The molecule has 0 aromatic carbocycles. The Balaban J connectivity index is 3.43. The molecule has 0 saturated carbocycles. The van der Waals surface area contributed by atoms with Gasteiger partial charge in [-0.1, -0.05) is 11.6 Å².